The van der Waals surface area contributed by atoms with Crippen LogP contribution in [-0.2, 0) is 16.1 Å². The number of benzene rings is 2. The van der Waals surface area contributed by atoms with Crippen LogP contribution < -0.4 is 10.1 Å². The van der Waals surface area contributed by atoms with Crippen molar-refractivity contribution in [3.05, 3.63) is 63.6 Å². The average molecular weight is 505 g/mol. The molecule has 1 saturated carbocycles. The molecule has 1 aliphatic rings. The smallest absolute Gasteiger partial charge is 0.261 e. The number of hydrogen-bond donors (Lipinski definition) is 1. The van der Waals surface area contributed by atoms with Crippen LogP contribution in [-0.4, -0.2) is 35.4 Å². The molecule has 1 fully saturated rings. The molecule has 1 N–H and O–H groups in total. The zero-order valence-electron chi connectivity index (χ0n) is 20.2. The van der Waals surface area contributed by atoms with Crippen LogP contribution in [0.25, 0.3) is 0 Å². The van der Waals surface area contributed by atoms with Crippen LogP contribution >= 0.6 is 23.2 Å². The first-order valence-corrected chi connectivity index (χ1v) is 12.8. The van der Waals surface area contributed by atoms with Gasteiger partial charge in [0.05, 0.1) is 0 Å². The molecule has 2 aromatic carbocycles. The van der Waals surface area contributed by atoms with Gasteiger partial charge in [-0.05, 0) is 48.9 Å². The fourth-order valence-corrected chi connectivity index (χ4v) is 4.97. The topological polar surface area (TPSA) is 58.6 Å². The highest BCUT2D eigenvalue weighted by molar-refractivity contribution is 6.36. The predicted molar refractivity (Wildman–Crippen MR) is 138 cm³/mol. The maximum Gasteiger partial charge on any atom is 0.261 e. The molecule has 3 rings (SSSR count). The summed E-state index contributed by atoms with van der Waals surface area (Å²) < 4.78 is 5.96. The van der Waals surface area contributed by atoms with E-state index in [4.69, 9.17) is 27.9 Å². The van der Waals surface area contributed by atoms with Crippen LogP contribution in [0.15, 0.2) is 42.5 Å². The summed E-state index contributed by atoms with van der Waals surface area (Å²) in [5, 5.41) is 4.06. The van der Waals surface area contributed by atoms with Gasteiger partial charge in [-0.1, -0.05) is 81.1 Å². The lowest BCUT2D eigenvalue weighted by Crippen LogP contribution is -2.52. The number of nitrogens with zero attached hydrogens (tertiary/aromatic N) is 1. The largest absolute Gasteiger partial charge is 0.483 e. The zero-order chi connectivity index (χ0) is 24.7. The number of hydrogen-bond acceptors (Lipinski definition) is 3. The van der Waals surface area contributed by atoms with E-state index >= 15 is 0 Å². The number of carbonyl (C=O) groups excluding carboxylic acids is 2. The average Bonchev–Trinajstić information content (AvgIpc) is 3.32. The Balaban J connectivity index is 1.84. The van der Waals surface area contributed by atoms with E-state index in [1.54, 1.807) is 23.1 Å². The minimum atomic E-state index is -0.649. The normalized spacial score (nSPS) is 14.8. The van der Waals surface area contributed by atoms with Crippen LogP contribution in [0, 0.1) is 0 Å². The molecule has 2 aromatic rings. The van der Waals surface area contributed by atoms with E-state index in [0.29, 0.717) is 27.8 Å². The monoisotopic (exact) mass is 504 g/mol. The van der Waals surface area contributed by atoms with Crippen LogP contribution in [0.2, 0.25) is 10.0 Å². The second-order valence-electron chi connectivity index (χ2n) is 9.12. The van der Waals surface area contributed by atoms with E-state index in [-0.39, 0.29) is 36.9 Å². The minimum absolute atomic E-state index is 0.128. The summed E-state index contributed by atoms with van der Waals surface area (Å²) in [6, 6.07) is 12.4. The molecule has 5 nitrogen and oxygen atoms in total. The van der Waals surface area contributed by atoms with E-state index in [2.05, 4.69) is 19.2 Å². The van der Waals surface area contributed by atoms with Gasteiger partial charge in [-0.15, -0.1) is 0 Å². The van der Waals surface area contributed by atoms with E-state index in [1.165, 1.54) is 0 Å². The third kappa shape index (κ3) is 6.67. The van der Waals surface area contributed by atoms with Gasteiger partial charge in [0.25, 0.3) is 5.91 Å². The summed E-state index contributed by atoms with van der Waals surface area (Å²) in [7, 11) is 0. The lowest BCUT2D eigenvalue weighted by Gasteiger charge is -2.32. The van der Waals surface area contributed by atoms with Crippen molar-refractivity contribution in [2.75, 3.05) is 6.61 Å². The van der Waals surface area contributed by atoms with Gasteiger partial charge in [-0.2, -0.15) is 0 Å². The summed E-state index contributed by atoms with van der Waals surface area (Å²) in [5.74, 6) is 0.492. The first kappa shape index (κ1) is 26.4. The molecular formula is C27H34Cl2N2O3. The summed E-state index contributed by atoms with van der Waals surface area (Å²) in [4.78, 5) is 28.3. The quantitative estimate of drug-likeness (QED) is 0.409. The Morgan fingerprint density at radius 1 is 1.06 bits per heavy atom. The van der Waals surface area contributed by atoms with Gasteiger partial charge >= 0.3 is 0 Å². The first-order valence-electron chi connectivity index (χ1n) is 12.1. The van der Waals surface area contributed by atoms with E-state index < -0.39 is 6.04 Å². The molecule has 2 amide bonds. The van der Waals surface area contributed by atoms with Crippen molar-refractivity contribution >= 4 is 35.0 Å². The number of rotatable bonds is 10. The van der Waals surface area contributed by atoms with Gasteiger partial charge in [0.1, 0.15) is 11.8 Å². The van der Waals surface area contributed by atoms with E-state index in [9.17, 15) is 9.59 Å². The molecule has 1 aliphatic carbocycles. The fourth-order valence-electron chi connectivity index (χ4n) is 4.45. The molecule has 0 saturated heterocycles. The number of nitrogens with one attached hydrogen (secondary N) is 1. The second kappa shape index (κ2) is 12.5. The maximum absolute atomic E-state index is 13.5. The third-order valence-electron chi connectivity index (χ3n) is 6.37. The number of carbonyl (C=O) groups is 2. The van der Waals surface area contributed by atoms with Gasteiger partial charge in [-0.25, -0.2) is 0 Å². The van der Waals surface area contributed by atoms with Gasteiger partial charge in [0.15, 0.2) is 6.61 Å². The van der Waals surface area contributed by atoms with Crippen LogP contribution in [0.3, 0.4) is 0 Å². The molecular weight excluding hydrogens is 471 g/mol. The van der Waals surface area contributed by atoms with Crippen LogP contribution in [0.4, 0.5) is 0 Å². The highest BCUT2D eigenvalue weighted by Gasteiger charge is 2.31. The predicted octanol–water partition coefficient (Wildman–Crippen LogP) is 6.36. The summed E-state index contributed by atoms with van der Waals surface area (Å²) in [5.41, 5.74) is 1.65. The molecule has 0 bridgehead atoms. The summed E-state index contributed by atoms with van der Waals surface area (Å²) in [6.07, 6.45) is 4.64. The minimum Gasteiger partial charge on any atom is -0.483 e. The summed E-state index contributed by atoms with van der Waals surface area (Å²) >= 11 is 12.8. The van der Waals surface area contributed by atoms with Crippen molar-refractivity contribution in [1.82, 2.24) is 10.2 Å². The van der Waals surface area contributed by atoms with Crippen molar-refractivity contribution in [3.8, 4) is 5.75 Å². The number of amides is 2. The molecule has 0 radical (unpaired) electrons. The molecule has 0 unspecified atom stereocenters. The van der Waals surface area contributed by atoms with E-state index in [0.717, 1.165) is 31.2 Å². The molecule has 0 spiro atoms. The van der Waals surface area contributed by atoms with Crippen molar-refractivity contribution < 1.29 is 14.3 Å². The van der Waals surface area contributed by atoms with Crippen molar-refractivity contribution in [2.45, 2.75) is 77.4 Å². The fraction of sp³-hybridized carbons (Fsp3) is 0.481. The van der Waals surface area contributed by atoms with Gasteiger partial charge < -0.3 is 15.0 Å². The Hall–Kier alpha value is -2.24. The van der Waals surface area contributed by atoms with Gasteiger partial charge in [0.2, 0.25) is 5.91 Å². The lowest BCUT2D eigenvalue weighted by atomic mass is 10.0. The lowest BCUT2D eigenvalue weighted by molar-refractivity contribution is -0.143. The van der Waals surface area contributed by atoms with Gasteiger partial charge in [-0.3, -0.25) is 9.59 Å². The standard InChI is InChI=1S/C27H34Cl2N2O3/c1-4-24(27(33)30-19-10-5-6-11-19)31(16-21-22(28)13-9-14-23(21)29)26(32)17-34-25-15-8-7-12-20(25)18(2)3/h7-9,12-15,18-19,24H,4-6,10-11,16-17H2,1-3H3,(H,30,33)/t24-/m1/s1. The molecule has 0 heterocycles. The maximum atomic E-state index is 13.5. The Morgan fingerprint density at radius 3 is 2.32 bits per heavy atom. The SMILES string of the molecule is CC[C@H](C(=O)NC1CCCC1)N(Cc1c(Cl)cccc1Cl)C(=O)COc1ccccc1C(C)C. The van der Waals surface area contributed by atoms with Crippen LogP contribution in [0.5, 0.6) is 5.75 Å². The van der Waals surface area contributed by atoms with Crippen molar-refractivity contribution in [2.24, 2.45) is 0 Å². The number of ether oxygens (including phenoxy) is 1. The molecule has 7 heteroatoms. The summed E-state index contributed by atoms with van der Waals surface area (Å²) in [6.45, 7) is 6.01. The molecule has 184 valence electrons. The molecule has 1 atom stereocenters. The third-order valence-corrected chi connectivity index (χ3v) is 7.08. The van der Waals surface area contributed by atoms with Crippen molar-refractivity contribution in [1.29, 1.82) is 0 Å². The van der Waals surface area contributed by atoms with E-state index in [1.807, 2.05) is 31.2 Å². The molecule has 34 heavy (non-hydrogen) atoms. The zero-order valence-corrected chi connectivity index (χ0v) is 21.7. The van der Waals surface area contributed by atoms with Gasteiger partial charge in [0, 0.05) is 28.2 Å². The highest BCUT2D eigenvalue weighted by Crippen LogP contribution is 2.29. The Kier molecular flexibility index (Phi) is 9.66. The number of halogens is 2. The number of para-hydroxylation sites is 1. The van der Waals surface area contributed by atoms with Crippen molar-refractivity contribution in [3.63, 3.8) is 0 Å². The first-order chi connectivity index (χ1) is 16.3. The second-order valence-corrected chi connectivity index (χ2v) is 9.93. The Labute approximate surface area is 212 Å². The highest BCUT2D eigenvalue weighted by atomic mass is 35.5. The molecule has 0 aromatic heterocycles. The van der Waals surface area contributed by atoms with Crippen LogP contribution in [0.1, 0.15) is 69.9 Å². The molecule has 0 aliphatic heterocycles. The Bertz CT molecular complexity index is 969. The Morgan fingerprint density at radius 2 is 1.71 bits per heavy atom.